The second kappa shape index (κ2) is 6.73. The molecular weight excluding hydrogens is 339 g/mol. The zero-order valence-electron chi connectivity index (χ0n) is 12.0. The molecule has 2 aromatic carbocycles. The Kier molecular flexibility index (Phi) is 4.91. The van der Waals surface area contributed by atoms with Gasteiger partial charge in [0.1, 0.15) is 23.7 Å². The van der Waals surface area contributed by atoms with Gasteiger partial charge in [0.05, 0.1) is 12.7 Å². The van der Waals surface area contributed by atoms with E-state index in [1.165, 1.54) is 13.2 Å². The first kappa shape index (κ1) is 17.5. The van der Waals surface area contributed by atoms with Crippen molar-refractivity contribution in [3.05, 3.63) is 58.4 Å². The average Bonchev–Trinajstić information content (AvgIpc) is 2.57. The molecule has 0 aliphatic heterocycles. The van der Waals surface area contributed by atoms with Gasteiger partial charge in [0.15, 0.2) is 23.3 Å². The highest BCUT2D eigenvalue weighted by Crippen LogP contribution is 2.26. The number of methoxy groups -OCH3 is 1. The van der Waals surface area contributed by atoms with Crippen LogP contribution in [0.1, 0.15) is 15.9 Å². The van der Waals surface area contributed by atoms with Gasteiger partial charge in [-0.25, -0.2) is 26.7 Å². The van der Waals surface area contributed by atoms with Crippen molar-refractivity contribution in [3.63, 3.8) is 0 Å². The number of esters is 1. The number of aromatic hydroxyl groups is 1. The van der Waals surface area contributed by atoms with Crippen LogP contribution in [0.25, 0.3) is 0 Å². The molecule has 0 unspecified atom stereocenters. The fourth-order valence-corrected chi connectivity index (χ4v) is 1.80. The van der Waals surface area contributed by atoms with Crippen LogP contribution in [0.3, 0.4) is 0 Å². The van der Waals surface area contributed by atoms with Gasteiger partial charge >= 0.3 is 5.97 Å². The Morgan fingerprint density at radius 3 is 2.04 bits per heavy atom. The van der Waals surface area contributed by atoms with Crippen LogP contribution in [0.5, 0.6) is 11.5 Å². The number of ether oxygens (including phenoxy) is 2. The van der Waals surface area contributed by atoms with Crippen LogP contribution < -0.4 is 4.74 Å². The maximum absolute atomic E-state index is 13.5. The van der Waals surface area contributed by atoms with Crippen molar-refractivity contribution in [1.29, 1.82) is 0 Å². The van der Waals surface area contributed by atoms with E-state index in [4.69, 9.17) is 4.74 Å². The molecule has 0 fully saturated rings. The van der Waals surface area contributed by atoms with Crippen LogP contribution in [0, 0.1) is 29.1 Å². The number of halogens is 5. The van der Waals surface area contributed by atoms with Crippen molar-refractivity contribution in [2.24, 2.45) is 0 Å². The SMILES string of the molecule is COc1ccc(C(=O)OCc2c(F)c(F)c(F)c(F)c2F)c(O)c1. The molecular formula is C15H9F5O4. The largest absolute Gasteiger partial charge is 0.507 e. The molecule has 2 rings (SSSR count). The molecule has 9 heteroatoms. The van der Waals surface area contributed by atoms with Crippen LogP contribution in [-0.4, -0.2) is 18.2 Å². The van der Waals surface area contributed by atoms with Gasteiger partial charge in [0, 0.05) is 6.07 Å². The summed E-state index contributed by atoms with van der Waals surface area (Å²) in [5.41, 5.74) is -1.67. The van der Waals surface area contributed by atoms with Gasteiger partial charge < -0.3 is 14.6 Å². The summed E-state index contributed by atoms with van der Waals surface area (Å²) in [6.07, 6.45) is 0. The van der Waals surface area contributed by atoms with Gasteiger partial charge in [-0.3, -0.25) is 0 Å². The first-order valence-corrected chi connectivity index (χ1v) is 6.32. The highest BCUT2D eigenvalue weighted by molar-refractivity contribution is 5.92. The van der Waals surface area contributed by atoms with Gasteiger partial charge in [-0.1, -0.05) is 0 Å². The number of rotatable bonds is 4. The summed E-state index contributed by atoms with van der Waals surface area (Å²) in [4.78, 5) is 11.8. The number of phenolic OH excluding ortho intramolecular Hbond substituents is 1. The maximum atomic E-state index is 13.5. The number of carbonyl (C=O) groups excluding carboxylic acids is 1. The van der Waals surface area contributed by atoms with Crippen molar-refractivity contribution in [2.75, 3.05) is 7.11 Å². The number of phenols is 1. The number of hydrogen-bond donors (Lipinski definition) is 1. The number of hydrogen-bond acceptors (Lipinski definition) is 4. The minimum Gasteiger partial charge on any atom is -0.507 e. The zero-order valence-corrected chi connectivity index (χ0v) is 12.0. The Hall–Kier alpha value is -2.84. The van der Waals surface area contributed by atoms with Crippen molar-refractivity contribution in [3.8, 4) is 11.5 Å². The Labute approximate surface area is 132 Å². The van der Waals surface area contributed by atoms with E-state index >= 15 is 0 Å². The van der Waals surface area contributed by atoms with E-state index in [0.717, 1.165) is 12.1 Å². The van der Waals surface area contributed by atoms with Crippen LogP contribution in [-0.2, 0) is 11.3 Å². The van der Waals surface area contributed by atoms with Crippen molar-refractivity contribution in [1.82, 2.24) is 0 Å². The van der Waals surface area contributed by atoms with E-state index in [1.54, 1.807) is 0 Å². The average molecular weight is 348 g/mol. The van der Waals surface area contributed by atoms with Crippen molar-refractivity contribution >= 4 is 5.97 Å². The Balaban J connectivity index is 2.24. The predicted molar refractivity (Wildman–Crippen MR) is 70.0 cm³/mol. The molecule has 0 spiro atoms. The van der Waals surface area contributed by atoms with Crippen LogP contribution in [0.15, 0.2) is 18.2 Å². The Bertz CT molecular complexity index is 778. The van der Waals surface area contributed by atoms with Gasteiger partial charge in [-0.2, -0.15) is 0 Å². The molecule has 0 bridgehead atoms. The lowest BCUT2D eigenvalue weighted by Crippen LogP contribution is -2.12. The topological polar surface area (TPSA) is 55.8 Å². The first-order valence-electron chi connectivity index (χ1n) is 6.32. The molecule has 0 atom stereocenters. The molecule has 2 aromatic rings. The summed E-state index contributed by atoms with van der Waals surface area (Å²) >= 11 is 0. The molecule has 0 heterocycles. The summed E-state index contributed by atoms with van der Waals surface area (Å²) < 4.78 is 75.2. The summed E-state index contributed by atoms with van der Waals surface area (Å²) in [7, 11) is 1.32. The molecule has 0 amide bonds. The third-order valence-electron chi connectivity index (χ3n) is 3.07. The normalized spacial score (nSPS) is 10.6. The van der Waals surface area contributed by atoms with Crippen LogP contribution >= 0.6 is 0 Å². The fourth-order valence-electron chi connectivity index (χ4n) is 1.80. The molecule has 0 aliphatic rings. The van der Waals surface area contributed by atoms with Gasteiger partial charge in [0.2, 0.25) is 5.82 Å². The van der Waals surface area contributed by atoms with E-state index in [0.29, 0.717) is 0 Å². The summed E-state index contributed by atoms with van der Waals surface area (Å²) in [5, 5.41) is 9.63. The van der Waals surface area contributed by atoms with Crippen molar-refractivity contribution < 1.29 is 41.3 Å². The first-order chi connectivity index (χ1) is 11.3. The van der Waals surface area contributed by atoms with E-state index in [-0.39, 0.29) is 11.3 Å². The molecule has 0 saturated carbocycles. The van der Waals surface area contributed by atoms with E-state index in [1.807, 2.05) is 0 Å². The van der Waals surface area contributed by atoms with E-state index in [2.05, 4.69) is 4.74 Å². The molecule has 0 aromatic heterocycles. The van der Waals surface area contributed by atoms with Gasteiger partial charge in [-0.05, 0) is 12.1 Å². The summed E-state index contributed by atoms with van der Waals surface area (Å²) in [6.45, 7) is -1.21. The van der Waals surface area contributed by atoms with Crippen LogP contribution in [0.4, 0.5) is 22.0 Å². The quantitative estimate of drug-likeness (QED) is 0.398. The summed E-state index contributed by atoms with van der Waals surface area (Å²) in [6, 6.07) is 3.48. The minimum atomic E-state index is -2.31. The second-order valence-corrected chi connectivity index (χ2v) is 4.51. The van der Waals surface area contributed by atoms with Gasteiger partial charge in [-0.15, -0.1) is 0 Å². The van der Waals surface area contributed by atoms with Gasteiger partial charge in [0.25, 0.3) is 0 Å². The zero-order chi connectivity index (χ0) is 18.0. The monoisotopic (exact) mass is 348 g/mol. The Morgan fingerprint density at radius 1 is 1.00 bits per heavy atom. The van der Waals surface area contributed by atoms with Crippen LogP contribution in [0.2, 0.25) is 0 Å². The lowest BCUT2D eigenvalue weighted by atomic mass is 10.1. The molecule has 1 N–H and O–H groups in total. The Morgan fingerprint density at radius 2 is 1.54 bits per heavy atom. The maximum Gasteiger partial charge on any atom is 0.342 e. The molecule has 128 valence electrons. The molecule has 4 nitrogen and oxygen atoms in total. The fraction of sp³-hybridized carbons (Fsp3) is 0.133. The number of benzene rings is 2. The molecule has 0 aliphatic carbocycles. The second-order valence-electron chi connectivity index (χ2n) is 4.51. The minimum absolute atomic E-state index is 0.226. The lowest BCUT2D eigenvalue weighted by Gasteiger charge is -2.10. The summed E-state index contributed by atoms with van der Waals surface area (Å²) in [5.74, 6) is -12.3. The molecule has 0 radical (unpaired) electrons. The van der Waals surface area contributed by atoms with E-state index in [9.17, 15) is 31.9 Å². The highest BCUT2D eigenvalue weighted by atomic mass is 19.2. The smallest absolute Gasteiger partial charge is 0.342 e. The predicted octanol–water partition coefficient (Wildman–Crippen LogP) is 3.45. The van der Waals surface area contributed by atoms with E-state index < -0.39 is 53.0 Å². The molecule has 0 saturated heterocycles. The molecule has 24 heavy (non-hydrogen) atoms. The highest BCUT2D eigenvalue weighted by Gasteiger charge is 2.26. The van der Waals surface area contributed by atoms with Crippen molar-refractivity contribution in [2.45, 2.75) is 6.61 Å². The number of carbonyl (C=O) groups is 1. The standard InChI is InChI=1S/C15H9F5O4/c1-23-6-2-3-7(9(21)4-6)15(22)24-5-8-10(16)12(18)14(20)13(19)11(8)17/h2-4,21H,5H2,1H3. The third kappa shape index (κ3) is 3.10. The lowest BCUT2D eigenvalue weighted by molar-refractivity contribution is 0.0458. The third-order valence-corrected chi connectivity index (χ3v) is 3.07.